The van der Waals surface area contributed by atoms with Gasteiger partial charge in [0.25, 0.3) is 0 Å². The molecule has 8 heteroatoms. The third-order valence-corrected chi connectivity index (χ3v) is 5.75. The second-order valence-electron chi connectivity index (χ2n) is 12.5. The van der Waals surface area contributed by atoms with Gasteiger partial charge in [-0.2, -0.15) is 0 Å². The summed E-state index contributed by atoms with van der Waals surface area (Å²) in [6.07, 6.45) is -1.36. The van der Waals surface area contributed by atoms with E-state index in [0.717, 1.165) is 0 Å². The van der Waals surface area contributed by atoms with Gasteiger partial charge in [-0.3, -0.25) is 0 Å². The molecule has 2 N–H and O–H groups in total. The maximum absolute atomic E-state index is 11.1. The van der Waals surface area contributed by atoms with E-state index in [-0.39, 0.29) is 59.6 Å². The molecule has 2 rings (SSSR count). The summed E-state index contributed by atoms with van der Waals surface area (Å²) in [5.74, 6) is 1.86. The third kappa shape index (κ3) is 8.43. The van der Waals surface area contributed by atoms with Gasteiger partial charge in [-0.05, 0) is 83.1 Å². The van der Waals surface area contributed by atoms with Crippen LogP contribution >= 0.6 is 0 Å². The van der Waals surface area contributed by atoms with Crippen molar-refractivity contribution in [3.63, 3.8) is 0 Å². The first-order valence-electron chi connectivity index (χ1n) is 14.7. The van der Waals surface area contributed by atoms with Crippen LogP contribution in [0.4, 0.5) is 0 Å². The predicted molar refractivity (Wildman–Crippen MR) is 163 cm³/mol. The Kier molecular flexibility index (Phi) is 11.3. The molecule has 0 aliphatic heterocycles. The number of benzene rings is 2. The topological polar surface area (TPSA) is 95.8 Å². The fourth-order valence-electron chi connectivity index (χ4n) is 4.61. The Morgan fingerprint density at radius 1 is 0.439 bits per heavy atom. The Balaban J connectivity index is 3.20. The van der Waals surface area contributed by atoms with Crippen LogP contribution in [0.2, 0.25) is 0 Å². The maximum atomic E-state index is 11.1. The lowest BCUT2D eigenvalue weighted by Crippen LogP contribution is -2.27. The standard InChI is InChI=1S/C33H52O8/c1-17(2)36-25-15-23(34)29(38-19(5)6)31(40-21(9)10)27(25)33(13,14)28-26(37-18(3)4)16-24(35)30(39-20(7)8)32(28)41-22(11)12/h15-22,34-35H,1-14H3. The summed E-state index contributed by atoms with van der Waals surface area (Å²) in [5.41, 5.74) is 0.322. The smallest absolute Gasteiger partial charge is 0.204 e. The summed E-state index contributed by atoms with van der Waals surface area (Å²) >= 11 is 0. The van der Waals surface area contributed by atoms with Crippen LogP contribution in [0.15, 0.2) is 12.1 Å². The average Bonchev–Trinajstić information content (AvgIpc) is 2.76. The van der Waals surface area contributed by atoms with Crippen molar-refractivity contribution in [2.45, 2.75) is 139 Å². The van der Waals surface area contributed by atoms with E-state index >= 15 is 0 Å². The van der Waals surface area contributed by atoms with E-state index in [1.54, 1.807) is 12.1 Å². The minimum Gasteiger partial charge on any atom is -0.504 e. The highest BCUT2D eigenvalue weighted by molar-refractivity contribution is 5.71. The van der Waals surface area contributed by atoms with Crippen LogP contribution in [0.3, 0.4) is 0 Å². The van der Waals surface area contributed by atoms with Gasteiger partial charge in [0.2, 0.25) is 11.5 Å². The Bertz CT molecular complexity index is 1070. The van der Waals surface area contributed by atoms with E-state index in [0.29, 0.717) is 34.1 Å². The molecular weight excluding hydrogens is 524 g/mol. The van der Waals surface area contributed by atoms with Crippen molar-refractivity contribution < 1.29 is 38.6 Å². The summed E-state index contributed by atoms with van der Waals surface area (Å²) in [5, 5.41) is 22.3. The zero-order valence-electron chi connectivity index (χ0n) is 27.5. The summed E-state index contributed by atoms with van der Waals surface area (Å²) in [4.78, 5) is 0. The van der Waals surface area contributed by atoms with Gasteiger partial charge in [0.1, 0.15) is 11.5 Å². The summed E-state index contributed by atoms with van der Waals surface area (Å²) < 4.78 is 37.8. The monoisotopic (exact) mass is 576 g/mol. The van der Waals surface area contributed by atoms with E-state index in [4.69, 9.17) is 28.4 Å². The van der Waals surface area contributed by atoms with Gasteiger partial charge in [-0.15, -0.1) is 0 Å². The van der Waals surface area contributed by atoms with Crippen LogP contribution in [-0.4, -0.2) is 46.8 Å². The lowest BCUT2D eigenvalue weighted by Gasteiger charge is -2.36. The van der Waals surface area contributed by atoms with E-state index in [1.165, 1.54) is 0 Å². The van der Waals surface area contributed by atoms with Gasteiger partial charge in [0.05, 0.1) is 47.8 Å². The SMILES string of the molecule is CC(C)Oc1cc(O)c(OC(C)C)c(OC(C)C)c1C(C)(C)c1c(OC(C)C)cc(O)c(OC(C)C)c1OC(C)C. The highest BCUT2D eigenvalue weighted by Crippen LogP contribution is 2.58. The van der Waals surface area contributed by atoms with Crippen LogP contribution in [0.25, 0.3) is 0 Å². The number of ether oxygens (including phenoxy) is 6. The second-order valence-corrected chi connectivity index (χ2v) is 12.5. The lowest BCUT2D eigenvalue weighted by molar-refractivity contribution is 0.177. The fraction of sp³-hybridized carbons (Fsp3) is 0.636. The molecule has 0 radical (unpaired) electrons. The minimum absolute atomic E-state index is 0.0867. The largest absolute Gasteiger partial charge is 0.504 e. The van der Waals surface area contributed by atoms with Crippen LogP contribution in [0.5, 0.6) is 46.0 Å². The zero-order valence-corrected chi connectivity index (χ0v) is 27.5. The first-order valence-corrected chi connectivity index (χ1v) is 14.7. The molecule has 0 heterocycles. The molecule has 0 fully saturated rings. The Morgan fingerprint density at radius 2 is 0.683 bits per heavy atom. The molecule has 0 amide bonds. The van der Waals surface area contributed by atoms with Crippen molar-refractivity contribution in [1.29, 1.82) is 0 Å². The number of hydrogen-bond donors (Lipinski definition) is 2. The molecule has 0 aliphatic rings. The van der Waals surface area contributed by atoms with Crippen molar-refractivity contribution >= 4 is 0 Å². The molecule has 232 valence electrons. The average molecular weight is 577 g/mol. The molecule has 8 nitrogen and oxygen atoms in total. The number of phenols is 2. The van der Waals surface area contributed by atoms with E-state index in [9.17, 15) is 10.2 Å². The molecule has 0 saturated carbocycles. The third-order valence-electron chi connectivity index (χ3n) is 5.75. The predicted octanol–water partition coefficient (Wildman–Crippen LogP) is 8.15. The number of aromatic hydroxyl groups is 2. The maximum Gasteiger partial charge on any atom is 0.204 e. The van der Waals surface area contributed by atoms with E-state index < -0.39 is 5.41 Å². The van der Waals surface area contributed by atoms with E-state index in [2.05, 4.69) is 0 Å². The van der Waals surface area contributed by atoms with Gasteiger partial charge in [0, 0.05) is 17.5 Å². The van der Waals surface area contributed by atoms with Crippen molar-refractivity contribution in [3.8, 4) is 46.0 Å². The number of phenolic OH excluding ortho intramolecular Hbond substituents is 2. The molecule has 0 saturated heterocycles. The van der Waals surface area contributed by atoms with Crippen LogP contribution in [0.1, 0.15) is 108 Å². The van der Waals surface area contributed by atoms with Crippen LogP contribution in [0, 0.1) is 0 Å². The highest BCUT2D eigenvalue weighted by Gasteiger charge is 2.41. The van der Waals surface area contributed by atoms with E-state index in [1.807, 2.05) is 96.9 Å². The van der Waals surface area contributed by atoms with Crippen LogP contribution < -0.4 is 28.4 Å². The van der Waals surface area contributed by atoms with Gasteiger partial charge in [-0.1, -0.05) is 13.8 Å². The number of hydrogen-bond acceptors (Lipinski definition) is 8. The zero-order chi connectivity index (χ0) is 31.4. The molecular formula is C33H52O8. The Morgan fingerprint density at radius 3 is 0.927 bits per heavy atom. The van der Waals surface area contributed by atoms with Gasteiger partial charge in [0.15, 0.2) is 23.0 Å². The first-order chi connectivity index (χ1) is 18.9. The van der Waals surface area contributed by atoms with Gasteiger partial charge in [-0.25, -0.2) is 0 Å². The van der Waals surface area contributed by atoms with Crippen molar-refractivity contribution in [3.05, 3.63) is 23.3 Å². The summed E-state index contributed by atoms with van der Waals surface area (Å²) in [7, 11) is 0. The molecule has 0 unspecified atom stereocenters. The fourth-order valence-corrected chi connectivity index (χ4v) is 4.61. The van der Waals surface area contributed by atoms with Crippen molar-refractivity contribution in [2.24, 2.45) is 0 Å². The van der Waals surface area contributed by atoms with Crippen LogP contribution in [-0.2, 0) is 5.41 Å². The summed E-state index contributed by atoms with van der Waals surface area (Å²) in [6.45, 7) is 26.9. The molecule has 0 aromatic heterocycles. The highest BCUT2D eigenvalue weighted by atomic mass is 16.5. The summed E-state index contributed by atoms with van der Waals surface area (Å²) in [6, 6.07) is 3.14. The molecule has 0 aliphatic carbocycles. The Hall–Kier alpha value is -3.16. The number of rotatable bonds is 14. The minimum atomic E-state index is -0.950. The quantitative estimate of drug-likeness (QED) is 0.233. The van der Waals surface area contributed by atoms with Crippen molar-refractivity contribution in [1.82, 2.24) is 0 Å². The molecule has 2 aromatic carbocycles. The molecule has 0 spiro atoms. The van der Waals surface area contributed by atoms with Gasteiger partial charge < -0.3 is 38.6 Å². The van der Waals surface area contributed by atoms with Gasteiger partial charge >= 0.3 is 0 Å². The molecule has 0 bridgehead atoms. The molecule has 41 heavy (non-hydrogen) atoms. The lowest BCUT2D eigenvalue weighted by atomic mass is 9.75. The van der Waals surface area contributed by atoms with Crippen molar-refractivity contribution in [2.75, 3.05) is 0 Å². The molecule has 0 atom stereocenters. The Labute approximate surface area is 246 Å². The second kappa shape index (κ2) is 13.7. The first kappa shape index (κ1) is 34.0. The molecule has 2 aromatic rings. The normalized spacial score (nSPS) is 12.2.